The van der Waals surface area contributed by atoms with Crippen LogP contribution in [0.1, 0.15) is 34.6 Å². The second-order valence-electron chi connectivity index (χ2n) is 5.14. The molecule has 0 rings (SSSR count). The molecule has 0 saturated heterocycles. The van der Waals surface area contributed by atoms with E-state index in [2.05, 4.69) is 0 Å². The van der Waals surface area contributed by atoms with Crippen molar-refractivity contribution in [2.45, 2.75) is 34.6 Å². The number of esters is 1. The molecule has 104 valence electrons. The van der Waals surface area contributed by atoms with Crippen molar-refractivity contribution >= 4 is 28.0 Å². The average Bonchev–Trinajstić information content (AvgIpc) is 2.26. The van der Waals surface area contributed by atoms with Gasteiger partial charge in [-0.25, -0.2) is 0 Å². The van der Waals surface area contributed by atoms with E-state index < -0.39 is 28.5 Å². The van der Waals surface area contributed by atoms with Gasteiger partial charge in [0.2, 0.25) is 10.2 Å². The van der Waals surface area contributed by atoms with Crippen LogP contribution in [0.2, 0.25) is 0 Å². The molecule has 0 aromatic rings. The Labute approximate surface area is 111 Å². The Morgan fingerprint density at radius 3 is 1.94 bits per heavy atom. The third kappa shape index (κ3) is 4.10. The standard InChI is InChI=1S/C12H20O5S/c1-6-17-8(14)12(5,7-13)10(16)18-9(15)11(2,3)4/h13H,6-7H2,1-5H3. The van der Waals surface area contributed by atoms with Crippen LogP contribution in [-0.2, 0) is 19.1 Å². The molecule has 1 unspecified atom stereocenters. The molecule has 0 radical (unpaired) electrons. The summed E-state index contributed by atoms with van der Waals surface area (Å²) in [5.74, 6) is -0.813. The maximum atomic E-state index is 12.0. The first-order valence-corrected chi connectivity index (χ1v) is 6.46. The van der Waals surface area contributed by atoms with E-state index in [1.165, 1.54) is 6.92 Å². The first-order valence-electron chi connectivity index (χ1n) is 5.64. The van der Waals surface area contributed by atoms with Crippen molar-refractivity contribution in [2.75, 3.05) is 13.2 Å². The minimum absolute atomic E-state index is 0.111. The largest absolute Gasteiger partial charge is 0.465 e. The van der Waals surface area contributed by atoms with Crippen LogP contribution < -0.4 is 0 Å². The number of ether oxygens (including phenoxy) is 1. The Morgan fingerprint density at radius 2 is 1.61 bits per heavy atom. The summed E-state index contributed by atoms with van der Waals surface area (Å²) in [5.41, 5.74) is -2.38. The van der Waals surface area contributed by atoms with Gasteiger partial charge in [0.15, 0.2) is 5.41 Å². The number of aliphatic hydroxyl groups excluding tert-OH is 1. The van der Waals surface area contributed by atoms with E-state index in [0.717, 1.165) is 0 Å². The summed E-state index contributed by atoms with van der Waals surface area (Å²) in [4.78, 5) is 35.3. The topological polar surface area (TPSA) is 80.7 Å². The molecule has 6 heteroatoms. The Balaban J connectivity index is 4.93. The van der Waals surface area contributed by atoms with Gasteiger partial charge >= 0.3 is 5.97 Å². The molecule has 0 spiro atoms. The van der Waals surface area contributed by atoms with Crippen molar-refractivity contribution in [3.05, 3.63) is 0 Å². The van der Waals surface area contributed by atoms with Crippen LogP contribution in [0.15, 0.2) is 0 Å². The van der Waals surface area contributed by atoms with Gasteiger partial charge in [-0.15, -0.1) is 0 Å². The summed E-state index contributed by atoms with van der Waals surface area (Å²) in [6.45, 7) is 7.33. The third-order valence-electron chi connectivity index (χ3n) is 2.29. The lowest BCUT2D eigenvalue weighted by molar-refractivity contribution is -0.159. The smallest absolute Gasteiger partial charge is 0.322 e. The maximum absolute atomic E-state index is 12.0. The molecule has 1 atom stereocenters. The van der Waals surface area contributed by atoms with Gasteiger partial charge in [0.25, 0.3) is 0 Å². The van der Waals surface area contributed by atoms with E-state index in [4.69, 9.17) is 4.74 Å². The fraction of sp³-hybridized carbons (Fsp3) is 0.750. The van der Waals surface area contributed by atoms with Crippen LogP contribution in [0, 0.1) is 10.8 Å². The third-order valence-corrected chi connectivity index (χ3v) is 3.72. The van der Waals surface area contributed by atoms with Gasteiger partial charge in [0, 0.05) is 5.41 Å². The normalized spacial score (nSPS) is 14.8. The van der Waals surface area contributed by atoms with E-state index in [9.17, 15) is 19.5 Å². The van der Waals surface area contributed by atoms with Gasteiger partial charge in [-0.2, -0.15) is 0 Å². The minimum atomic E-state index is -1.69. The SMILES string of the molecule is CCOC(=O)C(C)(CO)C(=O)SC(=O)C(C)(C)C. The van der Waals surface area contributed by atoms with E-state index in [-0.39, 0.29) is 11.7 Å². The molecule has 0 aliphatic rings. The van der Waals surface area contributed by atoms with Gasteiger partial charge in [-0.05, 0) is 25.6 Å². The highest BCUT2D eigenvalue weighted by molar-refractivity contribution is 8.26. The molecular weight excluding hydrogens is 256 g/mol. The van der Waals surface area contributed by atoms with Crippen molar-refractivity contribution in [3.8, 4) is 0 Å². The second kappa shape index (κ2) is 6.33. The van der Waals surface area contributed by atoms with Crippen LogP contribution >= 0.6 is 11.8 Å². The van der Waals surface area contributed by atoms with Gasteiger partial charge in [0.05, 0.1) is 13.2 Å². The fourth-order valence-corrected chi connectivity index (χ4v) is 1.70. The number of hydrogen-bond donors (Lipinski definition) is 1. The lowest BCUT2D eigenvalue weighted by Gasteiger charge is -2.24. The molecule has 0 fully saturated rings. The van der Waals surface area contributed by atoms with Crippen molar-refractivity contribution in [2.24, 2.45) is 10.8 Å². The van der Waals surface area contributed by atoms with Crippen LogP contribution in [0.4, 0.5) is 0 Å². The molecule has 18 heavy (non-hydrogen) atoms. The Morgan fingerprint density at radius 1 is 1.11 bits per heavy atom. The molecule has 0 heterocycles. The summed E-state index contributed by atoms with van der Waals surface area (Å²) in [5, 5.41) is 8.18. The summed E-state index contributed by atoms with van der Waals surface area (Å²) in [6.07, 6.45) is 0. The highest BCUT2D eigenvalue weighted by Gasteiger charge is 2.44. The molecule has 0 aliphatic heterocycles. The second-order valence-corrected chi connectivity index (χ2v) is 6.08. The fourth-order valence-electron chi connectivity index (χ4n) is 0.853. The Hall–Kier alpha value is -0.880. The first kappa shape index (κ1) is 17.1. The summed E-state index contributed by atoms with van der Waals surface area (Å²) in [6, 6.07) is 0. The van der Waals surface area contributed by atoms with E-state index in [1.54, 1.807) is 27.7 Å². The first-order chi connectivity index (χ1) is 8.09. The predicted octanol–water partition coefficient (Wildman–Crippen LogP) is 1.38. The highest BCUT2D eigenvalue weighted by atomic mass is 32.2. The van der Waals surface area contributed by atoms with Crippen LogP contribution in [0.3, 0.4) is 0 Å². The summed E-state index contributed by atoms with van der Waals surface area (Å²) < 4.78 is 4.74. The molecule has 5 nitrogen and oxygen atoms in total. The van der Waals surface area contributed by atoms with Gasteiger partial charge in [0.1, 0.15) is 0 Å². The lowest BCUT2D eigenvalue weighted by Crippen LogP contribution is -2.41. The van der Waals surface area contributed by atoms with Crippen molar-refractivity contribution in [3.63, 3.8) is 0 Å². The molecule has 1 N–H and O–H groups in total. The number of rotatable bonds is 4. The number of hydrogen-bond acceptors (Lipinski definition) is 6. The van der Waals surface area contributed by atoms with Crippen LogP contribution in [0.25, 0.3) is 0 Å². The van der Waals surface area contributed by atoms with E-state index >= 15 is 0 Å². The number of thioether (sulfide) groups is 1. The predicted molar refractivity (Wildman–Crippen MR) is 68.9 cm³/mol. The molecular formula is C12H20O5S. The average molecular weight is 276 g/mol. The maximum Gasteiger partial charge on any atom is 0.322 e. The molecule has 0 aliphatic carbocycles. The minimum Gasteiger partial charge on any atom is -0.465 e. The Kier molecular flexibility index (Phi) is 6.02. The number of carbonyl (C=O) groups is 3. The molecule has 0 bridgehead atoms. The summed E-state index contributed by atoms with van der Waals surface area (Å²) >= 11 is 0.454. The van der Waals surface area contributed by atoms with Gasteiger partial charge < -0.3 is 9.84 Å². The zero-order chi connectivity index (χ0) is 14.6. The van der Waals surface area contributed by atoms with Gasteiger partial charge in [-0.3, -0.25) is 14.4 Å². The lowest BCUT2D eigenvalue weighted by atomic mass is 9.94. The van der Waals surface area contributed by atoms with Crippen molar-refractivity contribution in [1.29, 1.82) is 0 Å². The number of carbonyl (C=O) groups excluding carboxylic acids is 3. The molecule has 0 saturated carbocycles. The zero-order valence-electron chi connectivity index (χ0n) is 11.4. The number of aliphatic hydroxyl groups is 1. The van der Waals surface area contributed by atoms with Crippen molar-refractivity contribution < 1.29 is 24.2 Å². The zero-order valence-corrected chi connectivity index (χ0v) is 12.2. The molecule has 0 amide bonds. The quantitative estimate of drug-likeness (QED) is 0.617. The molecule has 0 aromatic carbocycles. The van der Waals surface area contributed by atoms with Crippen LogP contribution in [-0.4, -0.2) is 34.5 Å². The monoisotopic (exact) mass is 276 g/mol. The van der Waals surface area contributed by atoms with E-state index in [1.807, 2.05) is 0 Å². The summed E-state index contributed by atoms with van der Waals surface area (Å²) in [7, 11) is 0. The Bertz CT molecular complexity index is 345. The molecule has 0 aromatic heterocycles. The van der Waals surface area contributed by atoms with Gasteiger partial charge in [-0.1, -0.05) is 20.8 Å². The van der Waals surface area contributed by atoms with E-state index in [0.29, 0.717) is 11.8 Å². The highest BCUT2D eigenvalue weighted by Crippen LogP contribution is 2.31. The van der Waals surface area contributed by atoms with Crippen LogP contribution in [0.5, 0.6) is 0 Å². The van der Waals surface area contributed by atoms with Crippen molar-refractivity contribution in [1.82, 2.24) is 0 Å².